The predicted octanol–water partition coefficient (Wildman–Crippen LogP) is 1.44. The van der Waals surface area contributed by atoms with Gasteiger partial charge in [0, 0.05) is 0 Å². The average molecular weight is 223 g/mol. The summed E-state index contributed by atoms with van der Waals surface area (Å²) in [6, 6.07) is 3.28. The molecule has 2 aromatic rings. The number of nitrogens with zero attached hydrogens (tertiary/aromatic N) is 3. The van der Waals surface area contributed by atoms with Crippen LogP contribution in [-0.2, 0) is 6.54 Å². The van der Waals surface area contributed by atoms with Crippen molar-refractivity contribution in [3.63, 3.8) is 0 Å². The van der Waals surface area contributed by atoms with E-state index in [1.54, 1.807) is 0 Å². The van der Waals surface area contributed by atoms with Gasteiger partial charge >= 0.3 is 0 Å². The van der Waals surface area contributed by atoms with Gasteiger partial charge in [-0.1, -0.05) is 6.07 Å². The maximum atomic E-state index is 13.2. The molecular formula is C10H7F2N3O. The van der Waals surface area contributed by atoms with Gasteiger partial charge in [0.15, 0.2) is 5.78 Å². The van der Waals surface area contributed by atoms with Crippen LogP contribution in [0, 0.1) is 11.6 Å². The topological polar surface area (TPSA) is 47.8 Å². The molecule has 0 atom stereocenters. The Balaban J connectivity index is 2.28. The van der Waals surface area contributed by atoms with Crippen molar-refractivity contribution in [2.24, 2.45) is 0 Å². The fourth-order valence-electron chi connectivity index (χ4n) is 1.30. The van der Waals surface area contributed by atoms with Crippen molar-refractivity contribution in [3.05, 3.63) is 48.1 Å². The number of ketones is 1. The molecule has 1 aromatic heterocycles. The molecule has 4 nitrogen and oxygen atoms in total. The Morgan fingerprint density at radius 2 is 2.00 bits per heavy atom. The van der Waals surface area contributed by atoms with E-state index in [9.17, 15) is 13.6 Å². The minimum absolute atomic E-state index is 0.238. The zero-order chi connectivity index (χ0) is 11.5. The molecule has 0 radical (unpaired) electrons. The molecule has 0 aliphatic rings. The standard InChI is InChI=1S/C10H7F2N3O/c11-7-2-1-3-8(12)10(7)9(16)4-15-6-13-5-14-15/h1-3,5-6H,4H2. The lowest BCUT2D eigenvalue weighted by Gasteiger charge is -2.03. The zero-order valence-electron chi connectivity index (χ0n) is 8.10. The second kappa shape index (κ2) is 4.18. The van der Waals surface area contributed by atoms with Gasteiger partial charge in [-0.3, -0.25) is 4.79 Å². The summed E-state index contributed by atoms with van der Waals surface area (Å²) in [5, 5.41) is 3.68. The third-order valence-corrected chi connectivity index (χ3v) is 2.01. The second-order valence-corrected chi connectivity index (χ2v) is 3.11. The van der Waals surface area contributed by atoms with E-state index in [1.807, 2.05) is 0 Å². The zero-order valence-corrected chi connectivity index (χ0v) is 8.10. The number of aromatic nitrogens is 3. The van der Waals surface area contributed by atoms with E-state index in [2.05, 4.69) is 10.1 Å². The minimum atomic E-state index is -0.870. The molecule has 0 aliphatic heterocycles. The third-order valence-electron chi connectivity index (χ3n) is 2.01. The number of carbonyl (C=O) groups excluding carboxylic acids is 1. The highest BCUT2D eigenvalue weighted by molar-refractivity contribution is 5.96. The molecule has 0 saturated carbocycles. The lowest BCUT2D eigenvalue weighted by molar-refractivity contribution is 0.0959. The molecule has 1 aromatic carbocycles. The molecule has 0 bridgehead atoms. The molecule has 0 saturated heterocycles. The summed E-state index contributed by atoms with van der Waals surface area (Å²) in [6.07, 6.45) is 2.54. The lowest BCUT2D eigenvalue weighted by atomic mass is 10.1. The first-order valence-corrected chi connectivity index (χ1v) is 4.48. The minimum Gasteiger partial charge on any atom is -0.292 e. The van der Waals surface area contributed by atoms with Crippen LogP contribution in [0.25, 0.3) is 0 Å². The first-order chi connectivity index (χ1) is 7.68. The van der Waals surface area contributed by atoms with Crippen LogP contribution in [0.3, 0.4) is 0 Å². The van der Waals surface area contributed by atoms with Gasteiger partial charge in [0.05, 0.1) is 5.56 Å². The number of hydrogen-bond donors (Lipinski definition) is 0. The predicted molar refractivity (Wildman–Crippen MR) is 50.7 cm³/mol. The number of halogens is 2. The van der Waals surface area contributed by atoms with Crippen LogP contribution >= 0.6 is 0 Å². The van der Waals surface area contributed by atoms with Crippen molar-refractivity contribution in [2.45, 2.75) is 6.54 Å². The Morgan fingerprint density at radius 1 is 1.31 bits per heavy atom. The summed E-state index contributed by atoms with van der Waals surface area (Å²) < 4.78 is 27.6. The van der Waals surface area contributed by atoms with E-state index in [4.69, 9.17) is 0 Å². The Labute approximate surface area is 89.5 Å². The molecule has 0 aliphatic carbocycles. The third kappa shape index (κ3) is 1.95. The van der Waals surface area contributed by atoms with Gasteiger partial charge in [-0.15, -0.1) is 0 Å². The Kier molecular flexibility index (Phi) is 2.72. The SMILES string of the molecule is O=C(Cn1cncn1)c1c(F)cccc1F. The Hall–Kier alpha value is -2.11. The molecule has 16 heavy (non-hydrogen) atoms. The van der Waals surface area contributed by atoms with Crippen LogP contribution in [0.4, 0.5) is 8.78 Å². The van der Waals surface area contributed by atoms with Crippen molar-refractivity contribution < 1.29 is 13.6 Å². The van der Waals surface area contributed by atoms with Crippen molar-refractivity contribution in [3.8, 4) is 0 Å². The van der Waals surface area contributed by atoms with Gasteiger partial charge < -0.3 is 0 Å². The number of hydrogen-bond acceptors (Lipinski definition) is 3. The molecule has 1 heterocycles. The Morgan fingerprint density at radius 3 is 2.56 bits per heavy atom. The van der Waals surface area contributed by atoms with Crippen molar-refractivity contribution in [2.75, 3.05) is 0 Å². The highest BCUT2D eigenvalue weighted by Gasteiger charge is 2.17. The van der Waals surface area contributed by atoms with E-state index in [1.165, 1.54) is 23.4 Å². The highest BCUT2D eigenvalue weighted by atomic mass is 19.1. The molecule has 0 fully saturated rings. The monoisotopic (exact) mass is 223 g/mol. The fourth-order valence-corrected chi connectivity index (χ4v) is 1.30. The number of carbonyl (C=O) groups is 1. The summed E-state index contributed by atoms with van der Waals surface area (Å²) >= 11 is 0. The largest absolute Gasteiger partial charge is 0.292 e. The second-order valence-electron chi connectivity index (χ2n) is 3.11. The van der Waals surface area contributed by atoms with Crippen LogP contribution in [0.5, 0.6) is 0 Å². The molecule has 6 heteroatoms. The molecular weight excluding hydrogens is 216 g/mol. The van der Waals surface area contributed by atoms with Crippen LogP contribution in [-0.4, -0.2) is 20.5 Å². The van der Waals surface area contributed by atoms with E-state index in [-0.39, 0.29) is 6.54 Å². The van der Waals surface area contributed by atoms with Crippen molar-refractivity contribution >= 4 is 5.78 Å². The number of benzene rings is 1. The van der Waals surface area contributed by atoms with Gasteiger partial charge in [-0.05, 0) is 12.1 Å². The summed E-state index contributed by atoms with van der Waals surface area (Å²) in [6.45, 7) is -0.238. The summed E-state index contributed by atoms with van der Waals surface area (Å²) in [4.78, 5) is 15.2. The molecule has 0 amide bonds. The van der Waals surface area contributed by atoms with Crippen LogP contribution in [0.1, 0.15) is 10.4 Å². The first-order valence-electron chi connectivity index (χ1n) is 4.48. The maximum absolute atomic E-state index is 13.2. The summed E-state index contributed by atoms with van der Waals surface area (Å²) in [5.41, 5.74) is -0.544. The van der Waals surface area contributed by atoms with Gasteiger partial charge in [0.25, 0.3) is 0 Å². The number of Topliss-reactive ketones (excluding diaryl/α,β-unsaturated/α-hetero) is 1. The van der Waals surface area contributed by atoms with Crippen molar-refractivity contribution in [1.82, 2.24) is 14.8 Å². The summed E-state index contributed by atoms with van der Waals surface area (Å²) in [5.74, 6) is -2.42. The molecule has 0 spiro atoms. The van der Waals surface area contributed by atoms with E-state index in [0.717, 1.165) is 12.1 Å². The van der Waals surface area contributed by atoms with Gasteiger partial charge in [0.1, 0.15) is 30.8 Å². The highest BCUT2D eigenvalue weighted by Crippen LogP contribution is 2.13. The fraction of sp³-hybridized carbons (Fsp3) is 0.100. The van der Waals surface area contributed by atoms with E-state index < -0.39 is 23.0 Å². The van der Waals surface area contributed by atoms with Gasteiger partial charge in [-0.25, -0.2) is 18.4 Å². The van der Waals surface area contributed by atoms with Gasteiger partial charge in [-0.2, -0.15) is 5.10 Å². The summed E-state index contributed by atoms with van der Waals surface area (Å²) in [7, 11) is 0. The average Bonchev–Trinajstić information content (AvgIpc) is 2.70. The van der Waals surface area contributed by atoms with E-state index in [0.29, 0.717) is 0 Å². The molecule has 2 rings (SSSR count). The van der Waals surface area contributed by atoms with E-state index >= 15 is 0 Å². The molecule has 82 valence electrons. The van der Waals surface area contributed by atoms with Crippen LogP contribution < -0.4 is 0 Å². The molecule has 0 unspecified atom stereocenters. The van der Waals surface area contributed by atoms with Crippen molar-refractivity contribution in [1.29, 1.82) is 0 Å². The van der Waals surface area contributed by atoms with Crippen LogP contribution in [0.2, 0.25) is 0 Å². The van der Waals surface area contributed by atoms with Crippen LogP contribution in [0.15, 0.2) is 30.9 Å². The maximum Gasteiger partial charge on any atom is 0.190 e. The smallest absolute Gasteiger partial charge is 0.190 e. The number of rotatable bonds is 3. The lowest BCUT2D eigenvalue weighted by Crippen LogP contribution is -2.14. The first kappa shape index (κ1) is 10.4. The quantitative estimate of drug-likeness (QED) is 0.740. The molecule has 0 N–H and O–H groups in total. The van der Waals surface area contributed by atoms with Gasteiger partial charge in [0.2, 0.25) is 0 Å². The Bertz CT molecular complexity index is 491. The normalized spacial score (nSPS) is 10.4.